The predicted octanol–water partition coefficient (Wildman–Crippen LogP) is 7.76. The van der Waals surface area contributed by atoms with Crippen LogP contribution in [-0.4, -0.2) is 41.2 Å². The highest BCUT2D eigenvalue weighted by Crippen LogP contribution is 2.36. The summed E-state index contributed by atoms with van der Waals surface area (Å²) < 4.78 is 6.32. The maximum absolute atomic E-state index is 11.7. The smallest absolute Gasteiger partial charge is 0.245 e. The van der Waals surface area contributed by atoms with E-state index in [1.54, 1.807) is 25.1 Å². The molecular weight excluding hydrogens is 482 g/mol. The van der Waals surface area contributed by atoms with Gasteiger partial charge in [0.1, 0.15) is 5.75 Å². The number of carbonyl (C=O) groups is 1. The number of amides is 1. The first kappa shape index (κ1) is 27.9. The molecule has 39 heavy (non-hydrogen) atoms. The van der Waals surface area contributed by atoms with Crippen LogP contribution in [0, 0.1) is 5.92 Å². The number of hydrogen-bond donors (Lipinski definition) is 1. The van der Waals surface area contributed by atoms with Gasteiger partial charge in [0, 0.05) is 19.5 Å². The summed E-state index contributed by atoms with van der Waals surface area (Å²) in [6, 6.07) is 25.6. The molecule has 0 aliphatic heterocycles. The fourth-order valence-electron chi connectivity index (χ4n) is 4.74. The number of aromatic nitrogens is 2. The average Bonchev–Trinajstić information content (AvgIpc) is 3.42. The van der Waals surface area contributed by atoms with E-state index in [0.29, 0.717) is 5.92 Å². The molecule has 0 saturated heterocycles. The van der Waals surface area contributed by atoms with Crippen LogP contribution >= 0.6 is 0 Å². The molecule has 0 aliphatic rings. The van der Waals surface area contributed by atoms with Crippen molar-refractivity contribution in [2.45, 2.75) is 46.1 Å². The first-order valence-electron chi connectivity index (χ1n) is 13.7. The summed E-state index contributed by atoms with van der Waals surface area (Å²) in [4.78, 5) is 13.3. The number of nitrogens with zero attached hydrogens (tertiary/aromatic N) is 2. The van der Waals surface area contributed by atoms with Crippen LogP contribution in [0.25, 0.3) is 22.0 Å². The van der Waals surface area contributed by atoms with E-state index in [-0.39, 0.29) is 12.0 Å². The highest BCUT2D eigenvalue weighted by molar-refractivity contribution is 6.00. The highest BCUT2D eigenvalue weighted by atomic mass is 16.5. The topological polar surface area (TPSA) is 58.2 Å². The molecule has 4 aromatic rings. The Morgan fingerprint density at radius 3 is 2.38 bits per heavy atom. The van der Waals surface area contributed by atoms with Gasteiger partial charge in [0.15, 0.2) is 0 Å². The number of rotatable bonds is 11. The largest absolute Gasteiger partial charge is 0.490 e. The van der Waals surface area contributed by atoms with Crippen molar-refractivity contribution in [2.24, 2.45) is 5.92 Å². The van der Waals surface area contributed by atoms with Crippen molar-refractivity contribution in [1.82, 2.24) is 15.1 Å². The van der Waals surface area contributed by atoms with Gasteiger partial charge in [0.05, 0.1) is 17.8 Å². The summed E-state index contributed by atoms with van der Waals surface area (Å²) in [6.45, 7) is 6.52. The highest BCUT2D eigenvalue weighted by Gasteiger charge is 2.16. The van der Waals surface area contributed by atoms with E-state index in [2.05, 4.69) is 104 Å². The minimum absolute atomic E-state index is 0.0173. The predicted molar refractivity (Wildman–Crippen MR) is 162 cm³/mol. The molecule has 2 atom stereocenters. The maximum Gasteiger partial charge on any atom is 0.245 e. The molecule has 5 heteroatoms. The Labute approximate surface area is 232 Å². The number of hydrogen-bond acceptors (Lipinski definition) is 3. The minimum Gasteiger partial charge on any atom is -0.490 e. The van der Waals surface area contributed by atoms with Gasteiger partial charge >= 0.3 is 0 Å². The first-order chi connectivity index (χ1) is 18.9. The molecule has 0 aliphatic carbocycles. The lowest BCUT2D eigenvalue weighted by atomic mass is 9.88. The first-order valence-corrected chi connectivity index (χ1v) is 13.7. The third-order valence-electron chi connectivity index (χ3n) is 7.26. The van der Waals surface area contributed by atoms with Crippen molar-refractivity contribution in [2.75, 3.05) is 14.1 Å². The summed E-state index contributed by atoms with van der Waals surface area (Å²) in [5, 5.41) is 8.36. The van der Waals surface area contributed by atoms with Crippen molar-refractivity contribution in [3.8, 4) is 5.75 Å². The van der Waals surface area contributed by atoms with Crippen molar-refractivity contribution >= 4 is 28.0 Å². The van der Waals surface area contributed by atoms with Gasteiger partial charge < -0.3 is 9.64 Å². The molecule has 5 nitrogen and oxygen atoms in total. The zero-order valence-electron chi connectivity index (χ0n) is 23.6. The lowest BCUT2D eigenvalue weighted by molar-refractivity contribution is -0.123. The monoisotopic (exact) mass is 521 g/mol. The quantitative estimate of drug-likeness (QED) is 0.162. The molecule has 202 valence electrons. The summed E-state index contributed by atoms with van der Waals surface area (Å²) in [5.74, 6) is 1.23. The van der Waals surface area contributed by atoms with E-state index in [9.17, 15) is 4.79 Å². The lowest BCUT2D eigenvalue weighted by Gasteiger charge is -2.22. The number of fused-ring (bicyclic) bond motifs is 1. The molecular formula is C34H39N3O2. The summed E-state index contributed by atoms with van der Waals surface area (Å²) in [6.07, 6.45) is 8.24. The van der Waals surface area contributed by atoms with Crippen LogP contribution in [0.2, 0.25) is 0 Å². The fourth-order valence-corrected chi connectivity index (χ4v) is 4.74. The second kappa shape index (κ2) is 13.1. The van der Waals surface area contributed by atoms with Crippen molar-refractivity contribution in [3.05, 3.63) is 108 Å². The number of nitrogens with one attached hydrogen (secondary N) is 1. The van der Waals surface area contributed by atoms with Crippen LogP contribution in [0.5, 0.6) is 5.75 Å². The zero-order valence-corrected chi connectivity index (χ0v) is 23.6. The minimum atomic E-state index is 0.0173. The number of allylic oxidation sites excluding steroid dienone is 2. The van der Waals surface area contributed by atoms with Gasteiger partial charge in [0.2, 0.25) is 5.91 Å². The number of ether oxygens (including phenoxy) is 1. The Kier molecular flexibility index (Phi) is 9.37. The Hall–Kier alpha value is -4.12. The summed E-state index contributed by atoms with van der Waals surface area (Å²) >= 11 is 0. The van der Waals surface area contributed by atoms with Crippen LogP contribution in [-0.2, 0) is 4.79 Å². The molecule has 0 saturated carbocycles. The van der Waals surface area contributed by atoms with Gasteiger partial charge in [-0.05, 0) is 90.3 Å². The van der Waals surface area contributed by atoms with Crippen LogP contribution < -0.4 is 4.74 Å². The number of benzene rings is 3. The second-order valence-corrected chi connectivity index (χ2v) is 10.3. The molecule has 1 amide bonds. The SMILES string of the molecule is CC/C(=C(/c1ccc(OC(C)C(C)CC/C=C/C(=O)N(C)C)cc1)c1ccc2[nH]ncc2c1)c1ccccc1. The molecule has 0 spiro atoms. The van der Waals surface area contributed by atoms with Crippen LogP contribution in [0.1, 0.15) is 56.7 Å². The number of carbonyl (C=O) groups excluding carboxylic acids is 1. The fraction of sp³-hybridized carbons (Fsp3) is 0.294. The van der Waals surface area contributed by atoms with Gasteiger partial charge in [-0.15, -0.1) is 0 Å². The summed E-state index contributed by atoms with van der Waals surface area (Å²) in [5.41, 5.74) is 7.10. The number of likely N-dealkylation sites (N-methyl/N-ethyl adjacent to an activating group) is 1. The van der Waals surface area contributed by atoms with Gasteiger partial charge in [-0.1, -0.05) is 68.5 Å². The van der Waals surface area contributed by atoms with E-state index < -0.39 is 0 Å². The Bertz CT molecular complexity index is 1430. The molecule has 1 aromatic heterocycles. The van der Waals surface area contributed by atoms with Crippen molar-refractivity contribution < 1.29 is 9.53 Å². The van der Waals surface area contributed by atoms with E-state index in [1.165, 1.54) is 22.3 Å². The van der Waals surface area contributed by atoms with E-state index in [1.807, 2.05) is 12.3 Å². The zero-order chi connectivity index (χ0) is 27.8. The van der Waals surface area contributed by atoms with E-state index in [0.717, 1.165) is 41.5 Å². The Morgan fingerprint density at radius 2 is 1.69 bits per heavy atom. The number of H-pyrrole nitrogens is 1. The molecule has 1 N–H and O–H groups in total. The Morgan fingerprint density at radius 1 is 0.974 bits per heavy atom. The summed E-state index contributed by atoms with van der Waals surface area (Å²) in [7, 11) is 3.52. The molecule has 3 aromatic carbocycles. The standard InChI is InChI=1S/C34H39N3O2/c1-6-31(26-13-8-7-9-14-26)34(28-18-21-32-29(22-28)23-35-36-32)27-16-19-30(20-17-27)39-25(3)24(2)12-10-11-15-33(38)37(4)5/h7-9,11,13-25H,6,10,12H2,1-5H3,(H,35,36)/b15-11+,34-31+. The van der Waals surface area contributed by atoms with Crippen molar-refractivity contribution in [3.63, 3.8) is 0 Å². The van der Waals surface area contributed by atoms with Gasteiger partial charge in [-0.2, -0.15) is 5.10 Å². The molecule has 0 radical (unpaired) electrons. The average molecular weight is 522 g/mol. The van der Waals surface area contributed by atoms with Crippen LogP contribution in [0.4, 0.5) is 0 Å². The van der Waals surface area contributed by atoms with Gasteiger partial charge in [0.25, 0.3) is 0 Å². The van der Waals surface area contributed by atoms with Gasteiger partial charge in [-0.25, -0.2) is 0 Å². The lowest BCUT2D eigenvalue weighted by Crippen LogP contribution is -2.21. The third-order valence-corrected chi connectivity index (χ3v) is 7.26. The number of aromatic amines is 1. The molecule has 1 heterocycles. The molecule has 2 unspecified atom stereocenters. The maximum atomic E-state index is 11.7. The molecule has 0 bridgehead atoms. The Balaban J connectivity index is 1.55. The second-order valence-electron chi connectivity index (χ2n) is 10.3. The van der Waals surface area contributed by atoms with E-state index in [4.69, 9.17) is 4.74 Å². The van der Waals surface area contributed by atoms with Crippen LogP contribution in [0.15, 0.2) is 91.1 Å². The molecule has 4 rings (SSSR count). The molecule has 0 fully saturated rings. The van der Waals surface area contributed by atoms with E-state index >= 15 is 0 Å². The van der Waals surface area contributed by atoms with Gasteiger partial charge in [-0.3, -0.25) is 9.89 Å². The normalized spacial score (nSPS) is 13.8. The van der Waals surface area contributed by atoms with Crippen LogP contribution in [0.3, 0.4) is 0 Å². The third kappa shape index (κ3) is 7.05. The van der Waals surface area contributed by atoms with Crippen molar-refractivity contribution in [1.29, 1.82) is 0 Å².